The van der Waals surface area contributed by atoms with Crippen molar-refractivity contribution in [2.75, 3.05) is 79.6 Å². The summed E-state index contributed by atoms with van der Waals surface area (Å²) in [5.41, 5.74) is 0. The Hall–Kier alpha value is -4.85. The van der Waals surface area contributed by atoms with Crippen molar-refractivity contribution in [1.29, 1.82) is 0 Å². The molecule has 8 aromatic carbocycles. The van der Waals surface area contributed by atoms with Gasteiger partial charge >= 0.3 is 6.18 Å². The quantitative estimate of drug-likeness (QED) is 0.0869. The monoisotopic (exact) mass is 1180 g/mol. The number of fused-ring (bicyclic) bond motifs is 4. The number of aromatic hydroxyl groups is 1. The Bertz CT molecular complexity index is 3110. The van der Waals surface area contributed by atoms with E-state index in [4.69, 9.17) is 18.9 Å². The fourth-order valence-electron chi connectivity index (χ4n) is 11.3. The van der Waals surface area contributed by atoms with Crippen molar-refractivity contribution in [2.24, 2.45) is 0 Å². The Balaban J connectivity index is 0.000000131. The van der Waals surface area contributed by atoms with E-state index in [2.05, 4.69) is 97.9 Å². The van der Waals surface area contributed by atoms with Crippen LogP contribution in [0.2, 0.25) is 0 Å². The molecule has 12 rings (SSSR count). The van der Waals surface area contributed by atoms with E-state index in [0.717, 1.165) is 40.7 Å². The van der Waals surface area contributed by atoms with Crippen LogP contribution >= 0.6 is 0 Å². The molecule has 0 aromatic heterocycles. The Morgan fingerprint density at radius 1 is 0.370 bits per heavy atom. The fraction of sp³-hybridized carbons (Fsp3) is 0.420. The molecule has 0 spiro atoms. The number of rotatable bonds is 14. The van der Waals surface area contributed by atoms with Gasteiger partial charge in [0, 0.05) is 93.8 Å². The average molecular weight is 1180 g/mol. The molecule has 4 fully saturated rings. The third-order valence-corrected chi connectivity index (χ3v) is 25.6. The highest BCUT2D eigenvalue weighted by molar-refractivity contribution is 7.98. The van der Waals surface area contributed by atoms with Crippen molar-refractivity contribution >= 4 is 86.7 Å². The number of halogens is 3. The fourth-order valence-corrected chi connectivity index (χ4v) is 21.3. The highest BCUT2D eigenvalue weighted by atomic mass is 32.2. The van der Waals surface area contributed by atoms with Crippen molar-refractivity contribution in [1.82, 2.24) is 0 Å². The predicted octanol–water partition coefficient (Wildman–Crippen LogP) is 17.9. The van der Waals surface area contributed by atoms with Gasteiger partial charge in [-0.3, -0.25) is 0 Å². The normalized spacial score (nSPS) is 16.7. The van der Waals surface area contributed by atoms with E-state index in [-0.39, 0.29) is 10.9 Å². The van der Waals surface area contributed by atoms with E-state index in [1.54, 1.807) is 18.1 Å². The molecule has 5 nitrogen and oxygen atoms in total. The van der Waals surface area contributed by atoms with Crippen molar-refractivity contribution in [3.05, 3.63) is 146 Å². The van der Waals surface area contributed by atoms with Gasteiger partial charge < -0.3 is 24.1 Å². The first-order chi connectivity index (χ1) is 39.7. The summed E-state index contributed by atoms with van der Waals surface area (Å²) in [6, 6.07) is 49.9. The lowest BCUT2D eigenvalue weighted by Gasteiger charge is -2.17. The standard InChI is InChI=1S/C19H25OS.C18H23O2S.C17H18F3OS.C15H16OS/c1-2-3-13-20-18-11-12-19(21-14-7-4-8-15-21)17-10-6-5-9-16(17)18;1-19-11-12-20-17-9-10-18(21-13-5-2-6-14-21)16-8-4-3-7-15(16)17;18-17(19,20)12-21-15-8-9-16(22-10-4-1-5-11-22)14-7-3-2-6-13(14)15;16-14-8-9-15(17-10-4-1-5-11-17)13-7-3-2-6-12(13)14/h5-6,9-12H,2-4,7-8,13-15H2,1H3;3-4,7-10H,2,5-6,11-14H2,1H3;2-3,6-9H,1,4-5,10-12H2;2-3,6-9H,1,4-5,10-11H2/q3*+1;/p+1. The van der Waals surface area contributed by atoms with Crippen LogP contribution in [-0.2, 0) is 48.3 Å². The molecular formula is C69H83F3O5S4+4. The van der Waals surface area contributed by atoms with Crippen molar-refractivity contribution in [2.45, 2.75) is 123 Å². The van der Waals surface area contributed by atoms with E-state index < -0.39 is 12.8 Å². The SMILES string of the molecule is CCCCOc1ccc([S+]2CCCCC2)c2ccccc12.COCCOc1ccc([S+]2CCCCC2)c2ccccc12.FC(F)(F)COc1ccc([S+]2CCCCC2)c2ccccc12.Oc1ccc([S+]2CCCCC2)c2ccccc12. The van der Waals surface area contributed by atoms with Crippen LogP contribution in [0.3, 0.4) is 0 Å². The first-order valence-electron chi connectivity index (χ1n) is 29.6. The summed E-state index contributed by atoms with van der Waals surface area (Å²) in [6.45, 7) is 3.01. The molecule has 0 aliphatic carbocycles. The van der Waals surface area contributed by atoms with Crippen LogP contribution in [0.4, 0.5) is 13.2 Å². The van der Waals surface area contributed by atoms with Crippen LogP contribution in [0.25, 0.3) is 43.1 Å². The van der Waals surface area contributed by atoms with Gasteiger partial charge in [0.1, 0.15) is 75.6 Å². The highest BCUT2D eigenvalue weighted by Gasteiger charge is 2.32. The lowest BCUT2D eigenvalue weighted by atomic mass is 10.1. The molecule has 0 amide bonds. The van der Waals surface area contributed by atoms with Crippen LogP contribution in [0.15, 0.2) is 165 Å². The van der Waals surface area contributed by atoms with Gasteiger partial charge in [-0.25, -0.2) is 0 Å². The Morgan fingerprint density at radius 2 is 0.679 bits per heavy atom. The van der Waals surface area contributed by atoms with Gasteiger partial charge in [-0.2, -0.15) is 13.2 Å². The average Bonchev–Trinajstić information content (AvgIpc) is 3.54. The summed E-state index contributed by atoms with van der Waals surface area (Å²) in [5.74, 6) is 13.3. The zero-order valence-corrected chi connectivity index (χ0v) is 50.9. The van der Waals surface area contributed by atoms with Crippen molar-refractivity contribution in [3.63, 3.8) is 0 Å². The number of hydrogen-bond acceptors (Lipinski definition) is 5. The molecule has 0 bridgehead atoms. The molecule has 0 atom stereocenters. The van der Waals surface area contributed by atoms with E-state index in [0.29, 0.717) is 57.4 Å². The van der Waals surface area contributed by atoms with Gasteiger partial charge in [-0.1, -0.05) is 86.1 Å². The lowest BCUT2D eigenvalue weighted by molar-refractivity contribution is -0.153. The number of unbranched alkanes of at least 4 members (excludes halogenated alkanes) is 1. The third-order valence-electron chi connectivity index (χ3n) is 15.5. The number of benzene rings is 8. The highest BCUT2D eigenvalue weighted by Crippen LogP contribution is 2.39. The number of alkyl halides is 3. The second-order valence-corrected chi connectivity index (χ2v) is 30.2. The molecule has 0 unspecified atom stereocenters. The van der Waals surface area contributed by atoms with E-state index in [1.165, 1.54) is 171 Å². The zero-order valence-electron chi connectivity index (χ0n) is 47.6. The molecule has 4 aliphatic rings. The van der Waals surface area contributed by atoms with Crippen LogP contribution in [0.1, 0.15) is 96.8 Å². The van der Waals surface area contributed by atoms with E-state index >= 15 is 0 Å². The molecule has 0 radical (unpaired) electrons. The molecule has 4 aliphatic heterocycles. The number of methoxy groups -OCH3 is 1. The number of hydrogen-bond donors (Lipinski definition) is 1. The molecule has 0 saturated carbocycles. The Morgan fingerprint density at radius 3 is 1.02 bits per heavy atom. The number of phenolic OH excluding ortho intramolecular Hbond substituents is 1. The molecule has 4 saturated heterocycles. The first-order valence-corrected chi connectivity index (χ1v) is 35.9. The van der Waals surface area contributed by atoms with Crippen LogP contribution < -0.4 is 14.2 Å². The van der Waals surface area contributed by atoms with Gasteiger partial charge in [0.25, 0.3) is 0 Å². The summed E-state index contributed by atoms with van der Waals surface area (Å²) in [5, 5.41) is 19.3. The van der Waals surface area contributed by atoms with Crippen molar-refractivity contribution in [3.8, 4) is 23.0 Å². The summed E-state index contributed by atoms with van der Waals surface area (Å²) in [6.07, 6.45) is 14.2. The molecule has 1 N–H and O–H groups in total. The predicted molar refractivity (Wildman–Crippen MR) is 344 cm³/mol. The van der Waals surface area contributed by atoms with Crippen LogP contribution in [0.5, 0.6) is 23.0 Å². The molecule has 12 heteroatoms. The minimum atomic E-state index is -4.31. The molecular weight excluding hydrogens is 1090 g/mol. The molecule has 4 heterocycles. The van der Waals surface area contributed by atoms with Gasteiger partial charge in [0.05, 0.1) is 13.2 Å². The minimum Gasteiger partial charge on any atom is -0.507 e. The Labute approximate surface area is 491 Å². The summed E-state index contributed by atoms with van der Waals surface area (Å²) < 4.78 is 59.1. The zero-order chi connectivity index (χ0) is 56.2. The number of phenols is 1. The maximum atomic E-state index is 12.4. The summed E-state index contributed by atoms with van der Waals surface area (Å²) in [7, 11) is 3.18. The maximum absolute atomic E-state index is 12.4. The molecule has 430 valence electrons. The van der Waals surface area contributed by atoms with Gasteiger partial charge in [-0.15, -0.1) is 0 Å². The number of ether oxygens (including phenoxy) is 4. The van der Waals surface area contributed by atoms with Crippen LogP contribution in [0, 0.1) is 0 Å². The van der Waals surface area contributed by atoms with Gasteiger partial charge in [0.15, 0.2) is 26.2 Å². The second-order valence-electron chi connectivity index (χ2n) is 21.2. The molecule has 81 heavy (non-hydrogen) atoms. The van der Waals surface area contributed by atoms with E-state index in [9.17, 15) is 18.3 Å². The van der Waals surface area contributed by atoms with Gasteiger partial charge in [-0.05, 0) is 156 Å². The third kappa shape index (κ3) is 16.7. The maximum Gasteiger partial charge on any atom is 0.422 e. The van der Waals surface area contributed by atoms with Crippen LogP contribution in [-0.4, -0.2) is 90.8 Å². The lowest BCUT2D eigenvalue weighted by Crippen LogP contribution is -2.20. The smallest absolute Gasteiger partial charge is 0.422 e. The van der Waals surface area contributed by atoms with Crippen molar-refractivity contribution < 1.29 is 37.2 Å². The summed E-state index contributed by atoms with van der Waals surface area (Å²) >= 11 is 0. The second kappa shape index (κ2) is 31.2. The van der Waals surface area contributed by atoms with Gasteiger partial charge in [0.2, 0.25) is 0 Å². The topological polar surface area (TPSA) is 57.2 Å². The Kier molecular flexibility index (Phi) is 23.4. The van der Waals surface area contributed by atoms with E-state index in [1.807, 2.05) is 48.5 Å². The summed E-state index contributed by atoms with van der Waals surface area (Å²) in [4.78, 5) is 5.82. The molecule has 8 aromatic rings. The minimum absolute atomic E-state index is 0.210. The first kappa shape index (κ1) is 60.7. The largest absolute Gasteiger partial charge is 0.507 e.